The number of ether oxygens (including phenoxy) is 2. The standard InChI is InChI=1S/C15H13ClN2O4/c1-2-13-17-18-14(22-13)8-21-15(19)10-5-9-6-11(16)3-4-12(9)20-7-10/h3-6H,2,7-8H2,1H3. The lowest BCUT2D eigenvalue weighted by Gasteiger charge is -2.17. The van der Waals surface area contributed by atoms with Gasteiger partial charge in [0.1, 0.15) is 12.4 Å². The maximum atomic E-state index is 12.0. The molecule has 0 spiro atoms. The lowest BCUT2D eigenvalue weighted by atomic mass is 10.1. The van der Waals surface area contributed by atoms with Crippen molar-refractivity contribution >= 4 is 23.6 Å². The predicted octanol–water partition coefficient (Wildman–Crippen LogP) is 2.80. The van der Waals surface area contributed by atoms with E-state index in [0.29, 0.717) is 28.7 Å². The van der Waals surface area contributed by atoms with Crippen molar-refractivity contribution < 1.29 is 18.7 Å². The molecular weight excluding hydrogens is 308 g/mol. The number of nitrogens with zero attached hydrogens (tertiary/aromatic N) is 2. The third-order valence-corrected chi connectivity index (χ3v) is 3.32. The minimum absolute atomic E-state index is 0.0639. The van der Waals surface area contributed by atoms with E-state index in [-0.39, 0.29) is 19.1 Å². The average Bonchev–Trinajstić information content (AvgIpc) is 3.00. The number of halogens is 1. The van der Waals surface area contributed by atoms with Crippen LogP contribution in [0.3, 0.4) is 0 Å². The Hall–Kier alpha value is -2.34. The molecule has 7 heteroatoms. The first-order chi connectivity index (χ1) is 10.7. The van der Waals surface area contributed by atoms with Crippen LogP contribution in [0.25, 0.3) is 6.08 Å². The summed E-state index contributed by atoms with van der Waals surface area (Å²) in [5, 5.41) is 8.17. The molecule has 2 heterocycles. The second-order valence-electron chi connectivity index (χ2n) is 4.66. The SMILES string of the molecule is CCc1nnc(COC(=O)C2=Cc3cc(Cl)ccc3OC2)o1. The molecule has 6 nitrogen and oxygen atoms in total. The van der Waals surface area contributed by atoms with Crippen LogP contribution < -0.4 is 4.74 Å². The van der Waals surface area contributed by atoms with Crippen molar-refractivity contribution in [3.63, 3.8) is 0 Å². The highest BCUT2D eigenvalue weighted by molar-refractivity contribution is 6.30. The van der Waals surface area contributed by atoms with Gasteiger partial charge in [-0.1, -0.05) is 18.5 Å². The summed E-state index contributed by atoms with van der Waals surface area (Å²) in [4.78, 5) is 12.0. The van der Waals surface area contributed by atoms with Gasteiger partial charge < -0.3 is 13.9 Å². The van der Waals surface area contributed by atoms with Gasteiger partial charge in [0.15, 0.2) is 6.61 Å². The first-order valence-corrected chi connectivity index (χ1v) is 7.15. The third kappa shape index (κ3) is 3.12. The summed E-state index contributed by atoms with van der Waals surface area (Å²) >= 11 is 5.93. The summed E-state index contributed by atoms with van der Waals surface area (Å²) in [7, 11) is 0. The second-order valence-corrected chi connectivity index (χ2v) is 5.10. The van der Waals surface area contributed by atoms with Crippen LogP contribution in [0, 0.1) is 0 Å². The molecule has 0 bridgehead atoms. The zero-order valence-corrected chi connectivity index (χ0v) is 12.6. The molecule has 1 aromatic carbocycles. The van der Waals surface area contributed by atoms with Crippen LogP contribution in [-0.4, -0.2) is 22.8 Å². The molecule has 22 heavy (non-hydrogen) atoms. The predicted molar refractivity (Wildman–Crippen MR) is 78.4 cm³/mol. The molecule has 0 saturated heterocycles. The highest BCUT2D eigenvalue weighted by Gasteiger charge is 2.19. The molecular formula is C15H13ClN2O4. The molecule has 1 aliphatic rings. The number of hydrogen-bond acceptors (Lipinski definition) is 6. The monoisotopic (exact) mass is 320 g/mol. The lowest BCUT2D eigenvalue weighted by Crippen LogP contribution is -2.17. The van der Waals surface area contributed by atoms with Gasteiger partial charge in [-0.05, 0) is 24.3 Å². The Kier molecular flexibility index (Phi) is 4.11. The topological polar surface area (TPSA) is 74.5 Å². The molecule has 0 unspecified atom stereocenters. The fourth-order valence-electron chi connectivity index (χ4n) is 1.98. The number of benzene rings is 1. The minimum atomic E-state index is -0.484. The molecule has 0 saturated carbocycles. The van der Waals surface area contributed by atoms with Crippen LogP contribution in [0.2, 0.25) is 5.02 Å². The zero-order valence-electron chi connectivity index (χ0n) is 11.8. The van der Waals surface area contributed by atoms with Crippen molar-refractivity contribution in [2.75, 3.05) is 6.61 Å². The number of aryl methyl sites for hydroxylation is 1. The molecule has 2 aromatic rings. The maximum Gasteiger partial charge on any atom is 0.338 e. The van der Waals surface area contributed by atoms with Crippen LogP contribution in [-0.2, 0) is 22.6 Å². The second kappa shape index (κ2) is 6.19. The van der Waals surface area contributed by atoms with Crippen LogP contribution in [0.4, 0.5) is 0 Å². The highest BCUT2D eigenvalue weighted by atomic mass is 35.5. The van der Waals surface area contributed by atoms with Crippen LogP contribution in [0.1, 0.15) is 24.3 Å². The number of rotatable bonds is 4. The van der Waals surface area contributed by atoms with Crippen molar-refractivity contribution in [1.29, 1.82) is 0 Å². The van der Waals surface area contributed by atoms with Gasteiger partial charge in [0.2, 0.25) is 5.89 Å². The van der Waals surface area contributed by atoms with Crippen LogP contribution >= 0.6 is 11.6 Å². The molecule has 0 amide bonds. The van der Waals surface area contributed by atoms with E-state index in [0.717, 1.165) is 5.56 Å². The highest BCUT2D eigenvalue weighted by Crippen LogP contribution is 2.29. The number of esters is 1. The molecule has 114 valence electrons. The van der Waals surface area contributed by atoms with Gasteiger partial charge in [-0.2, -0.15) is 0 Å². The summed E-state index contributed by atoms with van der Waals surface area (Å²) in [5.41, 5.74) is 1.15. The van der Waals surface area contributed by atoms with Gasteiger partial charge in [-0.3, -0.25) is 0 Å². The lowest BCUT2D eigenvalue weighted by molar-refractivity contribution is -0.141. The van der Waals surface area contributed by atoms with E-state index >= 15 is 0 Å². The largest absolute Gasteiger partial charge is 0.488 e. The van der Waals surface area contributed by atoms with E-state index in [2.05, 4.69) is 10.2 Å². The van der Waals surface area contributed by atoms with Crippen molar-refractivity contribution in [1.82, 2.24) is 10.2 Å². The van der Waals surface area contributed by atoms with E-state index in [1.807, 2.05) is 6.92 Å². The van der Waals surface area contributed by atoms with Gasteiger partial charge in [0.05, 0.1) is 5.57 Å². The number of hydrogen-bond donors (Lipinski definition) is 0. The van der Waals surface area contributed by atoms with Gasteiger partial charge in [-0.15, -0.1) is 10.2 Å². The van der Waals surface area contributed by atoms with Gasteiger partial charge >= 0.3 is 5.97 Å². The van der Waals surface area contributed by atoms with E-state index in [1.54, 1.807) is 24.3 Å². The van der Waals surface area contributed by atoms with E-state index in [1.165, 1.54) is 0 Å². The normalized spacial score (nSPS) is 13.1. The quantitative estimate of drug-likeness (QED) is 0.806. The molecule has 1 aromatic heterocycles. The van der Waals surface area contributed by atoms with Crippen molar-refractivity contribution in [3.8, 4) is 5.75 Å². The first kappa shape index (κ1) is 14.6. The van der Waals surface area contributed by atoms with Crippen molar-refractivity contribution in [2.45, 2.75) is 20.0 Å². The Bertz CT molecular complexity index is 739. The smallest absolute Gasteiger partial charge is 0.338 e. The summed E-state index contributed by atoms with van der Waals surface area (Å²) in [6.45, 7) is 1.99. The molecule has 0 atom stereocenters. The Labute approximate surface area is 131 Å². The molecule has 1 aliphatic heterocycles. The fourth-order valence-corrected chi connectivity index (χ4v) is 2.16. The van der Waals surface area contributed by atoms with Crippen molar-refractivity contribution in [3.05, 3.63) is 46.1 Å². The van der Waals surface area contributed by atoms with E-state index in [4.69, 9.17) is 25.5 Å². The van der Waals surface area contributed by atoms with Crippen LogP contribution in [0.5, 0.6) is 5.75 Å². The Morgan fingerprint density at radius 3 is 2.95 bits per heavy atom. The molecule has 0 N–H and O–H groups in total. The summed E-state index contributed by atoms with van der Waals surface area (Å²) in [6, 6.07) is 5.23. The van der Waals surface area contributed by atoms with E-state index < -0.39 is 5.97 Å². The maximum absolute atomic E-state index is 12.0. The molecule has 0 aliphatic carbocycles. The summed E-state index contributed by atoms with van der Waals surface area (Å²) < 4.78 is 15.9. The third-order valence-electron chi connectivity index (χ3n) is 3.08. The number of carbonyl (C=O) groups is 1. The number of carbonyl (C=O) groups excluding carboxylic acids is 1. The van der Waals surface area contributed by atoms with E-state index in [9.17, 15) is 4.79 Å². The number of aromatic nitrogens is 2. The van der Waals surface area contributed by atoms with Crippen LogP contribution in [0.15, 0.2) is 28.2 Å². The Balaban J connectivity index is 1.67. The Morgan fingerprint density at radius 1 is 1.36 bits per heavy atom. The Morgan fingerprint density at radius 2 is 2.18 bits per heavy atom. The minimum Gasteiger partial charge on any atom is -0.488 e. The van der Waals surface area contributed by atoms with Gasteiger partial charge in [0.25, 0.3) is 5.89 Å². The zero-order chi connectivity index (χ0) is 15.5. The van der Waals surface area contributed by atoms with Gasteiger partial charge in [0, 0.05) is 17.0 Å². The molecule has 0 fully saturated rings. The van der Waals surface area contributed by atoms with Gasteiger partial charge in [-0.25, -0.2) is 4.79 Å². The fraction of sp³-hybridized carbons (Fsp3) is 0.267. The van der Waals surface area contributed by atoms with Crippen molar-refractivity contribution in [2.24, 2.45) is 0 Å². The molecule has 0 radical (unpaired) electrons. The molecule has 3 rings (SSSR count). The average molecular weight is 321 g/mol. The first-order valence-electron chi connectivity index (χ1n) is 6.77. The summed E-state index contributed by atoms with van der Waals surface area (Å²) in [5.74, 6) is 0.980. The number of fused-ring (bicyclic) bond motifs is 1. The summed E-state index contributed by atoms with van der Waals surface area (Å²) in [6.07, 6.45) is 2.34.